The maximum atomic E-state index is 12.7. The van der Waals surface area contributed by atoms with E-state index < -0.39 is 28.3 Å². The lowest BCUT2D eigenvalue weighted by molar-refractivity contribution is -0.384. The minimum atomic E-state index is -4.74. The van der Waals surface area contributed by atoms with Gasteiger partial charge in [0.15, 0.2) is 0 Å². The number of halogens is 3. The quantitative estimate of drug-likeness (QED) is 0.500. The van der Waals surface area contributed by atoms with Gasteiger partial charge in [0, 0.05) is 23.3 Å². The van der Waals surface area contributed by atoms with E-state index in [9.17, 15) is 33.2 Å². The summed E-state index contributed by atoms with van der Waals surface area (Å²) in [4.78, 5) is 21.8. The molecule has 1 amide bonds. The summed E-state index contributed by atoms with van der Waals surface area (Å²) in [5, 5.41) is 23.7. The number of nitrogens with one attached hydrogen (secondary N) is 1. The third-order valence-corrected chi connectivity index (χ3v) is 3.06. The highest BCUT2D eigenvalue weighted by Crippen LogP contribution is 2.36. The first kappa shape index (κ1) is 17.9. The molecule has 0 aliphatic rings. The molecule has 0 aliphatic heterocycles. The van der Waals surface area contributed by atoms with Crippen LogP contribution < -0.4 is 5.43 Å². The van der Waals surface area contributed by atoms with Crippen LogP contribution in [-0.2, 0) is 6.18 Å². The average molecular weight is 353 g/mol. The third kappa shape index (κ3) is 4.31. The third-order valence-electron chi connectivity index (χ3n) is 3.06. The number of carbonyl (C=O) groups is 1. The molecule has 0 fully saturated rings. The Hall–Kier alpha value is -3.43. The minimum absolute atomic E-state index is 0.0559. The molecule has 0 unspecified atom stereocenters. The Morgan fingerprint density at radius 2 is 1.92 bits per heavy atom. The fourth-order valence-electron chi connectivity index (χ4n) is 1.88. The molecule has 7 nitrogen and oxygen atoms in total. The number of hydrazone groups is 1. The number of hydrogen-bond donors (Lipinski definition) is 2. The molecule has 0 spiro atoms. The number of nitrogens with zero attached hydrogens (tertiary/aromatic N) is 2. The zero-order valence-electron chi connectivity index (χ0n) is 12.3. The Labute approximate surface area is 138 Å². The van der Waals surface area contributed by atoms with Crippen LogP contribution in [0.25, 0.3) is 0 Å². The van der Waals surface area contributed by atoms with E-state index in [1.54, 1.807) is 0 Å². The molecule has 0 bridgehead atoms. The maximum Gasteiger partial charge on any atom is 0.419 e. The molecule has 0 radical (unpaired) electrons. The number of aromatic hydroxyl groups is 1. The van der Waals surface area contributed by atoms with Gasteiger partial charge < -0.3 is 5.11 Å². The first-order valence-electron chi connectivity index (χ1n) is 6.67. The Morgan fingerprint density at radius 1 is 1.24 bits per heavy atom. The first-order valence-corrected chi connectivity index (χ1v) is 6.67. The summed E-state index contributed by atoms with van der Waals surface area (Å²) in [6, 6.07) is 7.77. The standard InChI is InChI=1S/C15H10F3N3O4/c16-15(17,18)12-6-2-4-10(13(12)22)8-19-20-14(23)9-3-1-5-11(7-9)21(24)25/h1-8,22H,(H,20,23). The Kier molecular flexibility index (Phi) is 5.01. The molecule has 0 aliphatic carbocycles. The number of nitro benzene ring substituents is 1. The van der Waals surface area contributed by atoms with Gasteiger partial charge in [-0.1, -0.05) is 12.1 Å². The van der Waals surface area contributed by atoms with E-state index in [4.69, 9.17) is 0 Å². The summed E-state index contributed by atoms with van der Waals surface area (Å²) in [7, 11) is 0. The molecule has 0 heterocycles. The van der Waals surface area contributed by atoms with E-state index in [2.05, 4.69) is 5.10 Å². The number of alkyl halides is 3. The van der Waals surface area contributed by atoms with Crippen LogP contribution in [0.3, 0.4) is 0 Å². The lowest BCUT2D eigenvalue weighted by Gasteiger charge is -2.10. The zero-order valence-corrected chi connectivity index (χ0v) is 12.3. The highest BCUT2D eigenvalue weighted by Gasteiger charge is 2.34. The molecule has 0 saturated heterocycles. The second-order valence-electron chi connectivity index (χ2n) is 4.75. The van der Waals surface area contributed by atoms with Crippen LogP contribution in [0.2, 0.25) is 0 Å². The summed E-state index contributed by atoms with van der Waals surface area (Å²) < 4.78 is 38.0. The van der Waals surface area contributed by atoms with E-state index >= 15 is 0 Å². The van der Waals surface area contributed by atoms with Crippen molar-refractivity contribution in [3.05, 3.63) is 69.3 Å². The molecule has 2 rings (SSSR count). The summed E-state index contributed by atoms with van der Waals surface area (Å²) in [6.45, 7) is 0. The van der Waals surface area contributed by atoms with Crippen molar-refractivity contribution < 1.29 is 28.0 Å². The normalized spacial score (nSPS) is 11.5. The molecule has 0 aromatic heterocycles. The van der Waals surface area contributed by atoms with E-state index in [0.717, 1.165) is 18.3 Å². The Morgan fingerprint density at radius 3 is 2.56 bits per heavy atom. The van der Waals surface area contributed by atoms with Crippen LogP contribution in [0.5, 0.6) is 5.75 Å². The van der Waals surface area contributed by atoms with Crippen LogP contribution in [0.15, 0.2) is 47.6 Å². The van der Waals surface area contributed by atoms with Crippen molar-refractivity contribution in [2.75, 3.05) is 0 Å². The van der Waals surface area contributed by atoms with Crippen LogP contribution in [0.4, 0.5) is 18.9 Å². The molecular formula is C15H10F3N3O4. The van der Waals surface area contributed by atoms with E-state index in [1.807, 2.05) is 5.43 Å². The van der Waals surface area contributed by atoms with E-state index in [0.29, 0.717) is 6.07 Å². The molecule has 0 saturated carbocycles. The van der Waals surface area contributed by atoms with Crippen LogP contribution in [-0.4, -0.2) is 22.2 Å². The molecule has 2 aromatic carbocycles. The number of carbonyl (C=O) groups excluding carboxylic acids is 1. The van der Waals surface area contributed by atoms with Gasteiger partial charge in [-0.15, -0.1) is 0 Å². The summed E-state index contributed by atoms with van der Waals surface area (Å²) >= 11 is 0. The Balaban J connectivity index is 2.15. The molecule has 2 aromatic rings. The summed E-state index contributed by atoms with van der Waals surface area (Å²) in [5.74, 6) is -1.82. The maximum absolute atomic E-state index is 12.7. The van der Waals surface area contributed by atoms with Crippen molar-refractivity contribution in [1.29, 1.82) is 0 Å². The first-order chi connectivity index (χ1) is 11.7. The number of rotatable bonds is 4. The van der Waals surface area contributed by atoms with Crippen LogP contribution in [0, 0.1) is 10.1 Å². The second kappa shape index (κ2) is 6.99. The smallest absolute Gasteiger partial charge is 0.419 e. The SMILES string of the molecule is O=C(NN=Cc1cccc(C(F)(F)F)c1O)c1cccc([N+](=O)[O-])c1. The fraction of sp³-hybridized carbons (Fsp3) is 0.0667. The van der Waals surface area contributed by atoms with Crippen molar-refractivity contribution in [1.82, 2.24) is 5.43 Å². The highest BCUT2D eigenvalue weighted by atomic mass is 19.4. The number of non-ortho nitro benzene ring substituents is 1. The van der Waals surface area contributed by atoms with Crippen molar-refractivity contribution in [2.24, 2.45) is 5.10 Å². The molecule has 10 heteroatoms. The predicted octanol–water partition coefficient (Wildman–Crippen LogP) is 3.08. The molecule has 25 heavy (non-hydrogen) atoms. The highest BCUT2D eigenvalue weighted by molar-refractivity contribution is 5.95. The molecule has 2 N–H and O–H groups in total. The van der Waals surface area contributed by atoms with Gasteiger partial charge in [-0.3, -0.25) is 14.9 Å². The van der Waals surface area contributed by atoms with Gasteiger partial charge in [-0.2, -0.15) is 18.3 Å². The Bertz CT molecular complexity index is 850. The molecule has 130 valence electrons. The predicted molar refractivity (Wildman–Crippen MR) is 81.3 cm³/mol. The van der Waals surface area contributed by atoms with E-state index in [-0.39, 0.29) is 16.8 Å². The minimum Gasteiger partial charge on any atom is -0.507 e. The zero-order chi connectivity index (χ0) is 18.6. The second-order valence-corrected chi connectivity index (χ2v) is 4.75. The van der Waals surface area contributed by atoms with Gasteiger partial charge in [-0.25, -0.2) is 5.43 Å². The van der Waals surface area contributed by atoms with Crippen LogP contribution in [0.1, 0.15) is 21.5 Å². The number of para-hydroxylation sites is 1. The fourth-order valence-corrected chi connectivity index (χ4v) is 1.88. The van der Waals surface area contributed by atoms with Gasteiger partial charge in [0.2, 0.25) is 0 Å². The lowest BCUT2D eigenvalue weighted by Crippen LogP contribution is -2.17. The number of hydrogen-bond acceptors (Lipinski definition) is 5. The monoisotopic (exact) mass is 353 g/mol. The van der Waals surface area contributed by atoms with Gasteiger partial charge >= 0.3 is 6.18 Å². The van der Waals surface area contributed by atoms with Crippen molar-refractivity contribution >= 4 is 17.8 Å². The van der Waals surface area contributed by atoms with Gasteiger partial charge in [0.25, 0.3) is 11.6 Å². The largest absolute Gasteiger partial charge is 0.507 e. The van der Waals surface area contributed by atoms with Gasteiger partial charge in [0.1, 0.15) is 5.75 Å². The lowest BCUT2D eigenvalue weighted by atomic mass is 10.1. The number of benzene rings is 2. The van der Waals surface area contributed by atoms with Crippen molar-refractivity contribution in [3.8, 4) is 5.75 Å². The number of phenols is 1. The van der Waals surface area contributed by atoms with E-state index in [1.165, 1.54) is 24.3 Å². The number of nitro groups is 1. The number of phenolic OH excluding ortho intramolecular Hbond substituents is 1. The van der Waals surface area contributed by atoms with Gasteiger partial charge in [-0.05, 0) is 18.2 Å². The van der Waals surface area contributed by atoms with Crippen LogP contribution >= 0.6 is 0 Å². The summed E-state index contributed by atoms with van der Waals surface area (Å²) in [6.07, 6.45) is -3.90. The topological polar surface area (TPSA) is 105 Å². The molecular weight excluding hydrogens is 343 g/mol. The number of amides is 1. The average Bonchev–Trinajstić information content (AvgIpc) is 2.55. The van der Waals surface area contributed by atoms with Crippen molar-refractivity contribution in [2.45, 2.75) is 6.18 Å². The molecule has 0 atom stereocenters. The van der Waals surface area contributed by atoms with Crippen molar-refractivity contribution in [3.63, 3.8) is 0 Å². The van der Waals surface area contributed by atoms with Gasteiger partial charge in [0.05, 0.1) is 16.7 Å². The summed E-state index contributed by atoms with van der Waals surface area (Å²) in [5.41, 5.74) is 0.170.